The van der Waals surface area contributed by atoms with E-state index in [-0.39, 0.29) is 23.3 Å². The van der Waals surface area contributed by atoms with Crippen molar-refractivity contribution in [1.82, 2.24) is 4.90 Å². The third-order valence-corrected chi connectivity index (χ3v) is 4.47. The molecule has 0 saturated heterocycles. The van der Waals surface area contributed by atoms with Crippen LogP contribution in [0.4, 0.5) is 14.5 Å². The van der Waals surface area contributed by atoms with Gasteiger partial charge in [-0.3, -0.25) is 14.5 Å². The number of phenolic OH excluding ortho intramolecular Hbond substituents is 1. The molecule has 2 aromatic rings. The molecule has 0 aliphatic carbocycles. The minimum absolute atomic E-state index is 0.00881. The second kappa shape index (κ2) is 7.07. The minimum Gasteiger partial charge on any atom is -0.503 e. The number of nitrogens with one attached hydrogen (secondary N) is 1. The Labute approximate surface area is 161 Å². The molecule has 0 spiro atoms. The standard InChI is InChI=1S/C21H20F2N2O3/c1-21(2,3)13-6-4-12(5-7-13)11-25-18(26)10-17(20(25)28)24-14-8-15(22)19(27)16(23)9-14/h4-10,24,27H,11H2,1-3H3. The van der Waals surface area contributed by atoms with Crippen LogP contribution in [0, 0.1) is 11.6 Å². The van der Waals surface area contributed by atoms with Gasteiger partial charge in [-0.2, -0.15) is 0 Å². The Kier molecular flexibility index (Phi) is 4.93. The number of anilines is 1. The number of nitrogens with zero attached hydrogens (tertiary/aromatic N) is 1. The summed E-state index contributed by atoms with van der Waals surface area (Å²) >= 11 is 0. The first-order valence-corrected chi connectivity index (χ1v) is 8.68. The van der Waals surface area contributed by atoms with E-state index in [4.69, 9.17) is 5.11 Å². The average molecular weight is 386 g/mol. The van der Waals surface area contributed by atoms with Crippen molar-refractivity contribution in [3.05, 3.63) is 70.9 Å². The Bertz CT molecular complexity index is 953. The van der Waals surface area contributed by atoms with E-state index in [0.717, 1.165) is 34.2 Å². The first-order valence-electron chi connectivity index (χ1n) is 8.68. The van der Waals surface area contributed by atoms with Crippen LogP contribution in [0.15, 0.2) is 48.2 Å². The summed E-state index contributed by atoms with van der Waals surface area (Å²) < 4.78 is 26.9. The molecule has 1 aliphatic heterocycles. The summed E-state index contributed by atoms with van der Waals surface area (Å²) in [5, 5.41) is 11.7. The molecule has 0 bridgehead atoms. The van der Waals surface area contributed by atoms with E-state index < -0.39 is 29.2 Å². The summed E-state index contributed by atoms with van der Waals surface area (Å²) in [7, 11) is 0. The van der Waals surface area contributed by atoms with Gasteiger partial charge in [0.25, 0.3) is 11.8 Å². The summed E-state index contributed by atoms with van der Waals surface area (Å²) in [6, 6.07) is 9.30. The van der Waals surface area contributed by atoms with Crippen molar-refractivity contribution in [3.63, 3.8) is 0 Å². The number of phenols is 1. The largest absolute Gasteiger partial charge is 0.503 e. The van der Waals surface area contributed by atoms with E-state index in [0.29, 0.717) is 0 Å². The fourth-order valence-corrected chi connectivity index (χ4v) is 2.83. The van der Waals surface area contributed by atoms with Gasteiger partial charge in [0.2, 0.25) is 0 Å². The van der Waals surface area contributed by atoms with E-state index in [1.165, 1.54) is 0 Å². The van der Waals surface area contributed by atoms with Crippen LogP contribution in [0.5, 0.6) is 5.75 Å². The number of hydrogen-bond donors (Lipinski definition) is 2. The van der Waals surface area contributed by atoms with Crippen LogP contribution in [0.3, 0.4) is 0 Å². The molecule has 0 radical (unpaired) electrons. The number of aromatic hydroxyl groups is 1. The van der Waals surface area contributed by atoms with Crippen molar-refractivity contribution >= 4 is 17.5 Å². The number of benzene rings is 2. The molecule has 0 fully saturated rings. The van der Waals surface area contributed by atoms with Crippen LogP contribution in [-0.2, 0) is 21.5 Å². The van der Waals surface area contributed by atoms with Gasteiger partial charge in [0, 0.05) is 23.9 Å². The third kappa shape index (κ3) is 3.88. The van der Waals surface area contributed by atoms with Gasteiger partial charge in [0.1, 0.15) is 5.70 Å². The molecule has 3 rings (SSSR count). The fraction of sp³-hybridized carbons (Fsp3) is 0.238. The van der Waals surface area contributed by atoms with Gasteiger partial charge < -0.3 is 10.4 Å². The molecule has 0 atom stereocenters. The van der Waals surface area contributed by atoms with Crippen LogP contribution in [0.25, 0.3) is 0 Å². The van der Waals surface area contributed by atoms with Crippen molar-refractivity contribution in [3.8, 4) is 5.75 Å². The maximum Gasteiger partial charge on any atom is 0.277 e. The molecule has 2 N–H and O–H groups in total. The van der Waals surface area contributed by atoms with E-state index in [2.05, 4.69) is 26.1 Å². The molecule has 1 aliphatic rings. The molecular formula is C21H20F2N2O3. The molecule has 5 nitrogen and oxygen atoms in total. The number of amides is 2. The summed E-state index contributed by atoms with van der Waals surface area (Å²) in [6.45, 7) is 6.35. The minimum atomic E-state index is -1.17. The van der Waals surface area contributed by atoms with Crippen LogP contribution >= 0.6 is 0 Å². The number of carbonyl (C=O) groups excluding carboxylic acids is 2. The van der Waals surface area contributed by atoms with E-state index in [1.54, 1.807) is 0 Å². The Balaban J connectivity index is 1.73. The summed E-state index contributed by atoms with van der Waals surface area (Å²) in [6.07, 6.45) is 1.08. The van der Waals surface area contributed by atoms with Crippen molar-refractivity contribution in [1.29, 1.82) is 0 Å². The van der Waals surface area contributed by atoms with Gasteiger partial charge in [-0.15, -0.1) is 0 Å². The second-order valence-electron chi connectivity index (χ2n) is 7.65. The highest BCUT2D eigenvalue weighted by molar-refractivity contribution is 6.17. The molecule has 2 amide bonds. The lowest BCUT2D eigenvalue weighted by Gasteiger charge is -2.20. The van der Waals surface area contributed by atoms with Crippen molar-refractivity contribution in [2.45, 2.75) is 32.7 Å². The third-order valence-electron chi connectivity index (χ3n) is 4.47. The SMILES string of the molecule is CC(C)(C)c1ccc(CN2C(=O)C=C(Nc3cc(F)c(O)c(F)c3)C2=O)cc1. The average Bonchev–Trinajstić information content (AvgIpc) is 2.87. The van der Waals surface area contributed by atoms with Gasteiger partial charge in [-0.25, -0.2) is 8.78 Å². The monoisotopic (exact) mass is 386 g/mol. The van der Waals surface area contributed by atoms with Gasteiger partial charge in [-0.05, 0) is 16.5 Å². The maximum absolute atomic E-state index is 13.5. The van der Waals surface area contributed by atoms with Crippen molar-refractivity contribution in [2.24, 2.45) is 0 Å². The molecule has 0 saturated carbocycles. The maximum atomic E-state index is 13.5. The lowest BCUT2D eigenvalue weighted by atomic mass is 9.87. The molecule has 0 aromatic heterocycles. The van der Waals surface area contributed by atoms with Gasteiger partial charge in [-0.1, -0.05) is 45.0 Å². The Morgan fingerprint density at radius 1 is 1.04 bits per heavy atom. The predicted molar refractivity (Wildman–Crippen MR) is 100 cm³/mol. The van der Waals surface area contributed by atoms with E-state index in [1.807, 2.05) is 24.3 Å². The summed E-state index contributed by atoms with van der Waals surface area (Å²) in [5.74, 6) is -4.56. The number of halogens is 2. The molecule has 1 heterocycles. The summed E-state index contributed by atoms with van der Waals surface area (Å²) in [4.78, 5) is 25.8. The van der Waals surface area contributed by atoms with E-state index >= 15 is 0 Å². The molecule has 2 aromatic carbocycles. The Morgan fingerprint density at radius 2 is 1.61 bits per heavy atom. The van der Waals surface area contributed by atoms with Gasteiger partial charge >= 0.3 is 0 Å². The molecular weight excluding hydrogens is 366 g/mol. The normalized spacial score (nSPS) is 14.5. The molecule has 0 unspecified atom stereocenters. The highest BCUT2D eigenvalue weighted by Crippen LogP contribution is 2.27. The number of carbonyl (C=O) groups is 2. The van der Waals surface area contributed by atoms with Crippen LogP contribution in [0.1, 0.15) is 31.9 Å². The number of rotatable bonds is 4. The smallest absolute Gasteiger partial charge is 0.277 e. The number of hydrogen-bond acceptors (Lipinski definition) is 4. The molecule has 146 valence electrons. The lowest BCUT2D eigenvalue weighted by molar-refractivity contribution is -0.137. The Hall–Kier alpha value is -3.22. The topological polar surface area (TPSA) is 69.6 Å². The zero-order valence-corrected chi connectivity index (χ0v) is 15.7. The lowest BCUT2D eigenvalue weighted by Crippen LogP contribution is -2.31. The van der Waals surface area contributed by atoms with Gasteiger partial charge in [0.05, 0.1) is 6.54 Å². The zero-order chi connectivity index (χ0) is 20.6. The zero-order valence-electron chi connectivity index (χ0n) is 15.7. The highest BCUT2D eigenvalue weighted by atomic mass is 19.1. The van der Waals surface area contributed by atoms with Crippen LogP contribution < -0.4 is 5.32 Å². The second-order valence-corrected chi connectivity index (χ2v) is 7.65. The first-order chi connectivity index (χ1) is 13.1. The van der Waals surface area contributed by atoms with Crippen LogP contribution in [0.2, 0.25) is 0 Å². The van der Waals surface area contributed by atoms with Crippen LogP contribution in [-0.4, -0.2) is 21.8 Å². The quantitative estimate of drug-likeness (QED) is 0.619. The summed E-state index contributed by atoms with van der Waals surface area (Å²) in [5.41, 5.74) is 1.72. The fourth-order valence-electron chi connectivity index (χ4n) is 2.83. The van der Waals surface area contributed by atoms with E-state index in [9.17, 15) is 18.4 Å². The van der Waals surface area contributed by atoms with Crippen molar-refractivity contribution in [2.75, 3.05) is 5.32 Å². The van der Waals surface area contributed by atoms with Gasteiger partial charge in [0.15, 0.2) is 17.4 Å². The molecule has 28 heavy (non-hydrogen) atoms. The van der Waals surface area contributed by atoms with Crippen molar-refractivity contribution < 1.29 is 23.5 Å². The highest BCUT2D eigenvalue weighted by Gasteiger charge is 2.31. The first kappa shape index (κ1) is 19.5. The molecule has 7 heteroatoms. The Morgan fingerprint density at radius 3 is 2.14 bits per heavy atom. The number of imide groups is 1. The predicted octanol–water partition coefficient (Wildman–Crippen LogP) is 3.83.